The van der Waals surface area contributed by atoms with Crippen LogP contribution in [-0.4, -0.2) is 101 Å². The number of amides is 1. The smallest absolute Gasteiger partial charge is 0.336 e. The van der Waals surface area contributed by atoms with Crippen LogP contribution in [0, 0.1) is 20.8 Å². The molecule has 332 valence electrons. The van der Waals surface area contributed by atoms with E-state index in [4.69, 9.17) is 21.4 Å². The number of carboxylic acid groups (broad SMARTS) is 2. The number of rotatable bonds is 15. The van der Waals surface area contributed by atoms with E-state index in [9.17, 15) is 42.9 Å². The van der Waals surface area contributed by atoms with Crippen molar-refractivity contribution in [1.29, 1.82) is 0 Å². The second kappa shape index (κ2) is 18.8. The number of carbonyl (C=O) groups is 3. The lowest BCUT2D eigenvalue weighted by Gasteiger charge is -2.28. The molecule has 3 heterocycles. The standard InChI is InChI=1S/C45H44N6O11S2/c1-24-14-25(2)42(26(3)15-24)64(59,60)50-36(44(57)58)21-48-40(54)23-61-31-17-28(20-47-39-6-4-5-13-46-39)51(22-31)45(63)49-27-7-10-32(35(16-27)43(55)56)41-33-11-8-29(52)18-37(33)62-38-19-30(53)9-12-34(38)41/h4-16,18-19,28,31,36,50,52H,17,20-23H2,1-3H3,(H,46,47)(H,48,54)(H,49,63)(H,55,56)(H,57,58). The monoisotopic (exact) mass is 908 g/mol. The van der Waals surface area contributed by atoms with Crippen LogP contribution in [0.3, 0.4) is 0 Å². The Kier molecular flexibility index (Phi) is 13.3. The van der Waals surface area contributed by atoms with Gasteiger partial charge in [-0.05, 0) is 105 Å². The number of aliphatic carboxylic acids is 1. The first kappa shape index (κ1) is 45.1. The Bertz CT molecular complexity index is 2900. The van der Waals surface area contributed by atoms with Crippen LogP contribution >= 0.6 is 12.2 Å². The van der Waals surface area contributed by atoms with Crippen LogP contribution in [0.2, 0.25) is 0 Å². The number of hydrogen-bond acceptors (Lipinski definition) is 12. The van der Waals surface area contributed by atoms with Crippen LogP contribution in [0.1, 0.15) is 33.5 Å². The molecule has 3 aliphatic rings. The van der Waals surface area contributed by atoms with Crippen molar-refractivity contribution >= 4 is 67.7 Å². The first-order chi connectivity index (χ1) is 30.5. The Morgan fingerprint density at radius 3 is 2.42 bits per heavy atom. The lowest BCUT2D eigenvalue weighted by Crippen LogP contribution is -2.49. The average Bonchev–Trinajstić information content (AvgIpc) is 3.65. The third kappa shape index (κ3) is 10.1. The van der Waals surface area contributed by atoms with Gasteiger partial charge in [0.05, 0.1) is 22.6 Å². The van der Waals surface area contributed by atoms with Gasteiger partial charge in [-0.1, -0.05) is 29.8 Å². The molecule has 19 heteroatoms. The fourth-order valence-corrected chi connectivity index (χ4v) is 9.95. The number of anilines is 2. The zero-order chi connectivity index (χ0) is 45.9. The molecule has 3 unspecified atom stereocenters. The quantitative estimate of drug-likeness (QED) is 0.0523. The van der Waals surface area contributed by atoms with E-state index < -0.39 is 53.2 Å². The van der Waals surface area contributed by atoms with Gasteiger partial charge in [0.1, 0.15) is 35.6 Å². The summed E-state index contributed by atoms with van der Waals surface area (Å²) in [5, 5.41) is 40.2. The van der Waals surface area contributed by atoms with E-state index in [-0.39, 0.29) is 50.7 Å². The molecule has 0 spiro atoms. The van der Waals surface area contributed by atoms with Crippen molar-refractivity contribution < 1.29 is 47.3 Å². The number of aromatic hydroxyl groups is 1. The molecule has 4 aromatic rings. The number of aromatic nitrogens is 1. The molecule has 1 saturated heterocycles. The third-order valence-electron chi connectivity index (χ3n) is 10.7. The third-order valence-corrected chi connectivity index (χ3v) is 12.8. The van der Waals surface area contributed by atoms with Crippen molar-refractivity contribution in [2.24, 2.45) is 0 Å². The van der Waals surface area contributed by atoms with E-state index in [1.165, 1.54) is 30.3 Å². The number of thiocarbonyl (C=S) groups is 1. The Hall–Kier alpha value is -6.93. The number of sulfonamides is 1. The summed E-state index contributed by atoms with van der Waals surface area (Å²) >= 11 is 5.89. The number of phenolic OH excluding ortho intramolecular Hbond substituents is 1. The highest BCUT2D eigenvalue weighted by atomic mass is 32.2. The number of nitrogens with zero attached hydrogens (tertiary/aromatic N) is 2. The Balaban J connectivity index is 1.06. The predicted octanol–water partition coefficient (Wildman–Crippen LogP) is 5.11. The van der Waals surface area contributed by atoms with Gasteiger partial charge in [0, 0.05) is 60.2 Å². The Morgan fingerprint density at radius 1 is 0.969 bits per heavy atom. The number of fused-ring (bicyclic) bond motifs is 2. The fourth-order valence-electron chi connectivity index (χ4n) is 7.96. The molecule has 1 aromatic heterocycles. The number of ether oxygens (including phenoxy) is 1. The maximum Gasteiger partial charge on any atom is 0.336 e. The van der Waals surface area contributed by atoms with Gasteiger partial charge in [-0.2, -0.15) is 4.72 Å². The van der Waals surface area contributed by atoms with Crippen molar-refractivity contribution in [3.05, 3.63) is 124 Å². The Morgan fingerprint density at radius 2 is 1.72 bits per heavy atom. The normalized spacial score (nSPS) is 15.5. The molecule has 1 aliphatic carbocycles. The van der Waals surface area contributed by atoms with Gasteiger partial charge in [0.15, 0.2) is 10.5 Å². The lowest BCUT2D eigenvalue weighted by molar-refractivity contribution is -0.139. The summed E-state index contributed by atoms with van der Waals surface area (Å²) in [6.45, 7) is 4.61. The minimum atomic E-state index is -4.26. The largest absolute Gasteiger partial charge is 0.508 e. The van der Waals surface area contributed by atoms with E-state index in [2.05, 4.69) is 25.7 Å². The number of likely N-dealkylation sites (tertiary alicyclic amines) is 1. The summed E-state index contributed by atoms with van der Waals surface area (Å²) in [4.78, 5) is 56.4. The summed E-state index contributed by atoms with van der Waals surface area (Å²) in [7, 11) is -4.26. The second-order valence-corrected chi connectivity index (χ2v) is 17.5. The van der Waals surface area contributed by atoms with Gasteiger partial charge in [0.2, 0.25) is 15.9 Å². The predicted molar refractivity (Wildman–Crippen MR) is 242 cm³/mol. The molecule has 0 radical (unpaired) electrons. The highest BCUT2D eigenvalue weighted by Gasteiger charge is 2.35. The molecule has 17 nitrogen and oxygen atoms in total. The van der Waals surface area contributed by atoms with Crippen molar-refractivity contribution in [2.45, 2.75) is 50.3 Å². The molecule has 0 bridgehead atoms. The zero-order valence-corrected chi connectivity index (χ0v) is 36.4. The van der Waals surface area contributed by atoms with Crippen molar-refractivity contribution in [1.82, 2.24) is 19.9 Å². The van der Waals surface area contributed by atoms with Gasteiger partial charge in [0.25, 0.3) is 0 Å². The molecule has 1 fully saturated rings. The summed E-state index contributed by atoms with van der Waals surface area (Å²) in [5.74, 6) is -2.64. The lowest BCUT2D eigenvalue weighted by atomic mass is 9.90. The topological polar surface area (TPSA) is 250 Å². The van der Waals surface area contributed by atoms with Crippen LogP contribution in [0.25, 0.3) is 33.4 Å². The summed E-state index contributed by atoms with van der Waals surface area (Å²) < 4.78 is 40.6. The number of pyridine rings is 1. The number of benzene rings is 4. The molecule has 2 aliphatic heterocycles. The van der Waals surface area contributed by atoms with E-state index in [1.54, 1.807) is 68.6 Å². The van der Waals surface area contributed by atoms with Crippen LogP contribution in [0.15, 0.2) is 105 Å². The van der Waals surface area contributed by atoms with E-state index in [1.807, 2.05) is 17.9 Å². The highest BCUT2D eigenvalue weighted by Crippen LogP contribution is 2.42. The fraction of sp³-hybridized carbons (Fsp3) is 0.244. The number of aryl methyl sites for hydroxylation is 3. The zero-order valence-electron chi connectivity index (χ0n) is 34.7. The number of nitrogens with one attached hydrogen (secondary N) is 4. The van der Waals surface area contributed by atoms with E-state index >= 15 is 0 Å². The molecule has 64 heavy (non-hydrogen) atoms. The average molecular weight is 909 g/mol. The maximum atomic E-state index is 13.3. The minimum absolute atomic E-state index is 0.0295. The van der Waals surface area contributed by atoms with E-state index in [0.29, 0.717) is 57.7 Å². The molecule has 3 aromatic carbocycles. The minimum Gasteiger partial charge on any atom is -0.508 e. The first-order valence-electron chi connectivity index (χ1n) is 20.0. The SMILES string of the molecule is Cc1cc(C)c(S(=O)(=O)NC(CNC(=O)COC2CC(CNc3ccccn3)N(C(=S)Nc3ccc(-c4c5ccc(=O)cc-5oc5cc(O)ccc45)c(C(=O)O)c3)C2)C(=O)O)c(C)c1. The summed E-state index contributed by atoms with van der Waals surface area (Å²) in [6.07, 6.45) is 1.49. The molecule has 7 N–H and O–H groups in total. The molecular weight excluding hydrogens is 865 g/mol. The highest BCUT2D eigenvalue weighted by molar-refractivity contribution is 7.89. The van der Waals surface area contributed by atoms with Crippen molar-refractivity contribution in [3.63, 3.8) is 0 Å². The number of aromatic carboxylic acids is 1. The number of hydrogen-bond donors (Lipinski definition) is 7. The molecule has 3 atom stereocenters. The van der Waals surface area contributed by atoms with Crippen LogP contribution in [0.4, 0.5) is 11.5 Å². The van der Waals surface area contributed by atoms with E-state index in [0.717, 1.165) is 5.56 Å². The summed E-state index contributed by atoms with van der Waals surface area (Å²) in [5.41, 5.74) is 3.28. The summed E-state index contributed by atoms with van der Waals surface area (Å²) in [6, 6.07) is 20.2. The van der Waals surface area contributed by atoms with Crippen molar-refractivity contribution in [2.75, 3.05) is 36.9 Å². The Labute approximate surface area is 372 Å². The van der Waals surface area contributed by atoms with Crippen molar-refractivity contribution in [3.8, 4) is 28.2 Å². The number of phenols is 1. The van der Waals surface area contributed by atoms with Gasteiger partial charge < -0.3 is 45.3 Å². The molecule has 1 amide bonds. The molecule has 7 rings (SSSR count). The number of carboxylic acids is 2. The second-order valence-electron chi connectivity index (χ2n) is 15.4. The molecular formula is C45H44N6O11S2. The van der Waals surface area contributed by atoms with Crippen LogP contribution < -0.4 is 26.1 Å². The first-order valence-corrected chi connectivity index (χ1v) is 21.9. The van der Waals surface area contributed by atoms with Gasteiger partial charge in [-0.25, -0.2) is 18.2 Å². The van der Waals surface area contributed by atoms with Gasteiger partial charge >= 0.3 is 11.9 Å². The van der Waals surface area contributed by atoms with Crippen LogP contribution in [0.5, 0.6) is 5.75 Å². The van der Waals surface area contributed by atoms with Gasteiger partial charge in [-0.15, -0.1) is 0 Å². The molecule has 0 saturated carbocycles. The van der Waals surface area contributed by atoms with Gasteiger partial charge in [-0.3, -0.25) is 14.4 Å². The maximum absolute atomic E-state index is 13.3. The number of carbonyl (C=O) groups excluding carboxylic acids is 1. The van der Waals surface area contributed by atoms with Crippen LogP contribution in [-0.2, 0) is 24.3 Å².